The van der Waals surface area contributed by atoms with Gasteiger partial charge in [-0.25, -0.2) is 9.21 Å². The van der Waals surface area contributed by atoms with Gasteiger partial charge >= 0.3 is 17.3 Å². The molecule has 4 aromatic rings. The maximum Gasteiger partial charge on any atom is 0.402 e. The first-order valence-electron chi connectivity index (χ1n) is 19.8. The lowest BCUT2D eigenvalue weighted by atomic mass is 9.98. The van der Waals surface area contributed by atoms with Crippen LogP contribution in [0.4, 0.5) is 0 Å². The second-order valence-electron chi connectivity index (χ2n) is 15.2. The zero-order valence-electron chi connectivity index (χ0n) is 34.0. The standard InChI is InChI=1S/C42H46O23/c1-57-26-8-16(2-5-21(26)46)3-7-30(49)58-15-29-33(52)35(54)39(65-40-36(55)31(50)23(48)14-59-40)42(64-29)62-27-12-19-24(60-38(27)17-4-6-20(45)22(47)9-17)10-18(44)11-25(19)61-41-37(56)34(53)32(51)28(13-43)63-41/h2-12,23,28-29,31-37,39-43,48,50-56H,13-15H2,1H3,(H3-,44,45,46,47,49)/p+1/t23-,28-,29-,31+,32-,33-,34+,35+,36-,37-,39-,40+,41-,42-/m1/s1. The Morgan fingerprint density at radius 3 is 2.12 bits per heavy atom. The van der Waals surface area contributed by atoms with Crippen molar-refractivity contribution in [2.45, 2.75) is 86.0 Å². The number of methoxy groups -OCH3 is 1. The van der Waals surface area contributed by atoms with Crippen LogP contribution in [0.1, 0.15) is 5.56 Å². The number of benzene rings is 3. The third-order valence-corrected chi connectivity index (χ3v) is 10.8. The Hall–Kier alpha value is -5.64. The predicted molar refractivity (Wildman–Crippen MR) is 214 cm³/mol. The first kappa shape index (κ1) is 47.3. The van der Waals surface area contributed by atoms with E-state index in [0.29, 0.717) is 5.56 Å². The number of aromatic hydroxyl groups is 4. The van der Waals surface area contributed by atoms with Gasteiger partial charge in [0.1, 0.15) is 84.5 Å². The van der Waals surface area contributed by atoms with Crippen LogP contribution in [-0.2, 0) is 28.5 Å². The quantitative estimate of drug-likeness (QED) is 0.0307. The molecule has 3 saturated heterocycles. The summed E-state index contributed by atoms with van der Waals surface area (Å²) in [6.07, 6.45) is -22.5. The summed E-state index contributed by atoms with van der Waals surface area (Å²) in [4.78, 5) is 12.8. The smallest absolute Gasteiger partial charge is 0.402 e. The minimum atomic E-state index is -2.02. The molecule has 3 aliphatic rings. The SMILES string of the molecule is COc1cc(C=CC(=O)OC[C@H]2O[C@@H](Oc3cc4c(O[C@@H]5O[C@H](CO)[C@@H](O)[C@H](O)[C@H]5O)cc(O)cc4[o+]c3-c3ccc(O)c(O)c3)[C@H](O[C@@H]3OC[C@@H](O)[C@H](O)[C@H]3O)[C@@H](O)[C@@H]2O)ccc1O. The maximum atomic E-state index is 12.8. The molecule has 0 saturated carbocycles. The van der Waals surface area contributed by atoms with E-state index in [0.717, 1.165) is 30.3 Å². The predicted octanol–water partition coefficient (Wildman–Crippen LogP) is -1.70. The zero-order valence-corrected chi connectivity index (χ0v) is 34.0. The van der Waals surface area contributed by atoms with E-state index in [1.807, 2.05) is 0 Å². The van der Waals surface area contributed by atoms with Gasteiger partial charge in [-0.15, -0.1) is 0 Å². The number of rotatable bonds is 13. The molecule has 0 radical (unpaired) electrons. The third kappa shape index (κ3) is 10.1. The van der Waals surface area contributed by atoms with Crippen molar-refractivity contribution < 1.29 is 113 Å². The third-order valence-electron chi connectivity index (χ3n) is 10.8. The number of phenolic OH excluding ortho intramolecular Hbond substituents is 4. The van der Waals surface area contributed by atoms with Gasteiger partial charge in [-0.2, -0.15) is 0 Å². The van der Waals surface area contributed by atoms with Crippen LogP contribution in [0.5, 0.6) is 40.2 Å². The van der Waals surface area contributed by atoms with Gasteiger partial charge in [-0.3, -0.25) is 0 Å². The Labute approximate surface area is 366 Å². The van der Waals surface area contributed by atoms with Crippen LogP contribution < -0.4 is 14.2 Å². The highest BCUT2D eigenvalue weighted by molar-refractivity contribution is 5.89. The van der Waals surface area contributed by atoms with Gasteiger partial charge in [0.15, 0.2) is 35.4 Å². The monoisotopic (exact) mass is 919 g/mol. The summed E-state index contributed by atoms with van der Waals surface area (Å²) in [5.41, 5.74) is 0.286. The number of phenols is 4. The second kappa shape index (κ2) is 19.8. The number of fused-ring (bicyclic) bond motifs is 1. The highest BCUT2D eigenvalue weighted by Gasteiger charge is 2.51. The molecule has 23 nitrogen and oxygen atoms in total. The molecule has 14 atom stereocenters. The molecule has 3 aliphatic heterocycles. The van der Waals surface area contributed by atoms with Crippen molar-refractivity contribution >= 4 is 23.0 Å². The normalized spacial score (nSPS) is 31.7. The average Bonchev–Trinajstić information content (AvgIpc) is 3.28. The Kier molecular flexibility index (Phi) is 14.5. The topological polar surface area (TPSA) is 365 Å². The zero-order chi connectivity index (χ0) is 46.9. The van der Waals surface area contributed by atoms with Gasteiger partial charge < -0.3 is 104 Å². The molecule has 0 unspecified atom stereocenters. The van der Waals surface area contributed by atoms with Crippen molar-refractivity contribution in [1.29, 1.82) is 0 Å². The molecule has 0 aliphatic carbocycles. The van der Waals surface area contributed by atoms with Gasteiger partial charge in [0.2, 0.25) is 18.3 Å². The number of ether oxygens (including phenoxy) is 8. The van der Waals surface area contributed by atoms with E-state index in [1.165, 1.54) is 43.5 Å². The lowest BCUT2D eigenvalue weighted by Crippen LogP contribution is -2.64. The molecule has 4 heterocycles. The van der Waals surface area contributed by atoms with E-state index in [1.54, 1.807) is 0 Å². The summed E-state index contributed by atoms with van der Waals surface area (Å²) in [5, 5.41) is 136. The highest BCUT2D eigenvalue weighted by Crippen LogP contribution is 2.44. The Balaban J connectivity index is 1.25. The summed E-state index contributed by atoms with van der Waals surface area (Å²) in [6, 6.07) is 11.1. The lowest BCUT2D eigenvalue weighted by molar-refractivity contribution is -0.345. The molecule has 0 bridgehead atoms. The first-order valence-corrected chi connectivity index (χ1v) is 19.8. The van der Waals surface area contributed by atoms with Gasteiger partial charge in [-0.1, -0.05) is 6.07 Å². The minimum Gasteiger partial charge on any atom is -0.507 e. The average molecular weight is 920 g/mol. The van der Waals surface area contributed by atoms with Gasteiger partial charge in [0.05, 0.1) is 32.0 Å². The fourth-order valence-corrected chi connectivity index (χ4v) is 7.15. The fourth-order valence-electron chi connectivity index (χ4n) is 7.15. The van der Waals surface area contributed by atoms with E-state index < -0.39 is 129 Å². The molecule has 0 spiro atoms. The van der Waals surface area contributed by atoms with E-state index in [-0.39, 0.29) is 45.3 Å². The van der Waals surface area contributed by atoms with Crippen LogP contribution in [0.15, 0.2) is 65.1 Å². The van der Waals surface area contributed by atoms with Crippen LogP contribution in [0.3, 0.4) is 0 Å². The Bertz CT molecular complexity index is 2340. The molecule has 3 aromatic carbocycles. The van der Waals surface area contributed by atoms with Crippen LogP contribution in [0.25, 0.3) is 28.4 Å². The number of carbonyl (C=O) groups is 1. The number of carbonyl (C=O) groups excluding carboxylic acids is 1. The first-order chi connectivity index (χ1) is 31.0. The maximum absolute atomic E-state index is 12.8. The minimum absolute atomic E-state index is 0.0115. The van der Waals surface area contributed by atoms with Crippen molar-refractivity contribution in [2.75, 3.05) is 26.9 Å². The van der Waals surface area contributed by atoms with Crippen molar-refractivity contribution in [1.82, 2.24) is 0 Å². The number of aliphatic hydroxyl groups is 9. The van der Waals surface area contributed by atoms with Gasteiger partial charge in [0.25, 0.3) is 0 Å². The number of hydrogen-bond donors (Lipinski definition) is 13. The molecular formula is C42H47O23+. The summed E-state index contributed by atoms with van der Waals surface area (Å²) in [6.45, 7) is -2.05. The molecule has 1 aromatic heterocycles. The molecule has 65 heavy (non-hydrogen) atoms. The molecule has 352 valence electrons. The van der Waals surface area contributed by atoms with Crippen molar-refractivity contribution in [3.63, 3.8) is 0 Å². The van der Waals surface area contributed by atoms with E-state index in [4.69, 9.17) is 42.3 Å². The van der Waals surface area contributed by atoms with Crippen molar-refractivity contribution in [2.24, 2.45) is 0 Å². The van der Waals surface area contributed by atoms with E-state index in [2.05, 4.69) is 0 Å². The van der Waals surface area contributed by atoms with E-state index >= 15 is 0 Å². The van der Waals surface area contributed by atoms with Crippen LogP contribution in [-0.4, -0.2) is 185 Å². The van der Waals surface area contributed by atoms with Gasteiger partial charge in [0, 0.05) is 24.3 Å². The molecule has 13 N–H and O–H groups in total. The molecule has 3 fully saturated rings. The number of hydrogen-bond acceptors (Lipinski definition) is 22. The fraction of sp³-hybridized carbons (Fsp3) is 0.429. The van der Waals surface area contributed by atoms with Crippen LogP contribution >= 0.6 is 0 Å². The van der Waals surface area contributed by atoms with Crippen LogP contribution in [0, 0.1) is 0 Å². The molecule has 7 rings (SSSR count). The van der Waals surface area contributed by atoms with E-state index in [9.17, 15) is 71.2 Å². The van der Waals surface area contributed by atoms with Crippen molar-refractivity contribution in [3.05, 3.63) is 66.2 Å². The highest BCUT2D eigenvalue weighted by atomic mass is 16.8. The summed E-state index contributed by atoms with van der Waals surface area (Å²) >= 11 is 0. The largest absolute Gasteiger partial charge is 0.507 e. The van der Waals surface area contributed by atoms with Gasteiger partial charge in [-0.05, 0) is 35.9 Å². The Morgan fingerprint density at radius 1 is 0.708 bits per heavy atom. The lowest BCUT2D eigenvalue weighted by Gasteiger charge is -2.44. The molecule has 23 heteroatoms. The summed E-state index contributed by atoms with van der Waals surface area (Å²) < 4.78 is 51.5. The molecular weight excluding hydrogens is 872 g/mol. The number of esters is 1. The summed E-state index contributed by atoms with van der Waals surface area (Å²) in [5.74, 6) is -3.51. The second-order valence-corrected chi connectivity index (χ2v) is 15.2. The van der Waals surface area contributed by atoms with Crippen LogP contribution in [0.2, 0.25) is 0 Å². The van der Waals surface area contributed by atoms with Crippen molar-refractivity contribution in [3.8, 4) is 51.6 Å². The molecule has 0 amide bonds. The summed E-state index contributed by atoms with van der Waals surface area (Å²) in [7, 11) is 1.34. The Morgan fingerprint density at radius 2 is 1.40 bits per heavy atom. The number of aliphatic hydroxyl groups excluding tert-OH is 9.